The van der Waals surface area contributed by atoms with Crippen LogP contribution in [0.25, 0.3) is 0 Å². The summed E-state index contributed by atoms with van der Waals surface area (Å²) in [6.45, 7) is 10.0. The molecule has 0 spiro atoms. The number of hydrogen-bond donors (Lipinski definition) is 1. The maximum atomic E-state index is 5.57. The predicted octanol–water partition coefficient (Wildman–Crippen LogP) is 1.38. The summed E-state index contributed by atoms with van der Waals surface area (Å²) in [4.78, 5) is 0. The minimum Gasteiger partial charge on any atom is -0.351 e. The maximum absolute atomic E-state index is 5.57. The van der Waals surface area contributed by atoms with Crippen molar-refractivity contribution in [3.63, 3.8) is 0 Å². The third kappa shape index (κ3) is 3.63. The van der Waals surface area contributed by atoms with E-state index in [9.17, 15) is 0 Å². The lowest BCUT2D eigenvalue weighted by Crippen LogP contribution is -2.48. The van der Waals surface area contributed by atoms with Crippen molar-refractivity contribution in [1.82, 2.24) is 5.32 Å². The Kier molecular flexibility index (Phi) is 4.16. The summed E-state index contributed by atoms with van der Waals surface area (Å²) in [6.07, 6.45) is -0.00906. The summed E-state index contributed by atoms with van der Waals surface area (Å²) in [6, 6.07) is 0.850. The zero-order valence-electron chi connectivity index (χ0n) is 9.04. The fraction of sp³-hybridized carbons (Fsp3) is 1.00. The van der Waals surface area contributed by atoms with Crippen molar-refractivity contribution in [3.05, 3.63) is 0 Å². The SMILES string of the molecule is CC(C)NC1COC(C(C)C)OC1. The minimum absolute atomic E-state index is 0.00906. The van der Waals surface area contributed by atoms with Crippen LogP contribution in [-0.2, 0) is 9.47 Å². The van der Waals surface area contributed by atoms with Gasteiger partial charge in [-0.15, -0.1) is 0 Å². The second-order valence-electron chi connectivity index (χ2n) is 4.30. The highest BCUT2D eigenvalue weighted by Crippen LogP contribution is 2.13. The number of rotatable bonds is 3. The summed E-state index contributed by atoms with van der Waals surface area (Å²) < 4.78 is 11.1. The number of ether oxygens (including phenoxy) is 2. The highest BCUT2D eigenvalue weighted by molar-refractivity contribution is 4.72. The van der Waals surface area contributed by atoms with Crippen LogP contribution in [0.5, 0.6) is 0 Å². The van der Waals surface area contributed by atoms with Gasteiger partial charge >= 0.3 is 0 Å². The van der Waals surface area contributed by atoms with Crippen LogP contribution in [0, 0.1) is 5.92 Å². The Morgan fingerprint density at radius 2 is 1.62 bits per heavy atom. The van der Waals surface area contributed by atoms with Gasteiger partial charge in [0.15, 0.2) is 6.29 Å². The second kappa shape index (κ2) is 4.94. The van der Waals surface area contributed by atoms with E-state index in [1.165, 1.54) is 0 Å². The van der Waals surface area contributed by atoms with Gasteiger partial charge in [0, 0.05) is 12.0 Å². The summed E-state index contributed by atoms with van der Waals surface area (Å²) in [5.41, 5.74) is 0. The monoisotopic (exact) mass is 187 g/mol. The first-order valence-corrected chi connectivity index (χ1v) is 5.09. The molecule has 0 amide bonds. The molecule has 1 heterocycles. The molecule has 0 aromatic carbocycles. The van der Waals surface area contributed by atoms with E-state index in [0.717, 1.165) is 13.2 Å². The molecule has 13 heavy (non-hydrogen) atoms. The minimum atomic E-state index is -0.00906. The zero-order valence-corrected chi connectivity index (χ0v) is 9.04. The van der Waals surface area contributed by atoms with Crippen molar-refractivity contribution in [2.75, 3.05) is 13.2 Å². The number of nitrogens with one attached hydrogen (secondary N) is 1. The number of hydrogen-bond acceptors (Lipinski definition) is 3. The average molecular weight is 187 g/mol. The van der Waals surface area contributed by atoms with E-state index in [1.807, 2.05) is 0 Å². The van der Waals surface area contributed by atoms with Crippen LogP contribution in [0.3, 0.4) is 0 Å². The summed E-state index contributed by atoms with van der Waals surface area (Å²) in [5.74, 6) is 0.444. The van der Waals surface area contributed by atoms with E-state index < -0.39 is 0 Å². The first-order chi connectivity index (χ1) is 6.09. The van der Waals surface area contributed by atoms with Gasteiger partial charge in [0.05, 0.1) is 19.3 Å². The second-order valence-corrected chi connectivity index (χ2v) is 4.30. The van der Waals surface area contributed by atoms with Crippen LogP contribution < -0.4 is 5.32 Å². The van der Waals surface area contributed by atoms with Crippen molar-refractivity contribution in [2.45, 2.75) is 46.1 Å². The lowest BCUT2D eigenvalue weighted by atomic mass is 10.2. The smallest absolute Gasteiger partial charge is 0.159 e. The molecule has 0 bridgehead atoms. The Labute approximate surface area is 80.8 Å². The molecule has 0 radical (unpaired) electrons. The molecular weight excluding hydrogens is 166 g/mol. The summed E-state index contributed by atoms with van der Waals surface area (Å²) >= 11 is 0. The molecule has 0 aromatic heterocycles. The molecule has 1 fully saturated rings. The molecule has 1 rings (SSSR count). The van der Waals surface area contributed by atoms with E-state index in [4.69, 9.17) is 9.47 Å². The van der Waals surface area contributed by atoms with Crippen molar-refractivity contribution >= 4 is 0 Å². The molecule has 1 saturated heterocycles. The molecular formula is C10H21NO2. The van der Waals surface area contributed by atoms with Gasteiger partial charge in [-0.05, 0) is 0 Å². The topological polar surface area (TPSA) is 30.5 Å². The van der Waals surface area contributed by atoms with Gasteiger partial charge < -0.3 is 14.8 Å². The van der Waals surface area contributed by atoms with Gasteiger partial charge in [-0.3, -0.25) is 0 Å². The van der Waals surface area contributed by atoms with Gasteiger partial charge in [-0.25, -0.2) is 0 Å². The van der Waals surface area contributed by atoms with Crippen LogP contribution in [0.2, 0.25) is 0 Å². The van der Waals surface area contributed by atoms with E-state index in [1.54, 1.807) is 0 Å². The van der Waals surface area contributed by atoms with E-state index in [0.29, 0.717) is 18.0 Å². The van der Waals surface area contributed by atoms with E-state index in [-0.39, 0.29) is 6.29 Å². The molecule has 0 aliphatic carbocycles. The molecule has 78 valence electrons. The molecule has 0 unspecified atom stereocenters. The highest BCUT2D eigenvalue weighted by Gasteiger charge is 2.24. The molecule has 0 saturated carbocycles. The maximum Gasteiger partial charge on any atom is 0.159 e. The third-order valence-electron chi connectivity index (χ3n) is 2.04. The molecule has 1 N–H and O–H groups in total. The summed E-state index contributed by atoms with van der Waals surface area (Å²) in [7, 11) is 0. The van der Waals surface area contributed by atoms with Crippen LogP contribution in [0.1, 0.15) is 27.7 Å². The Morgan fingerprint density at radius 3 is 2.00 bits per heavy atom. The highest BCUT2D eigenvalue weighted by atomic mass is 16.7. The lowest BCUT2D eigenvalue weighted by Gasteiger charge is -2.32. The normalized spacial score (nSPS) is 30.0. The fourth-order valence-electron chi connectivity index (χ4n) is 1.47. The van der Waals surface area contributed by atoms with Crippen LogP contribution in [0.15, 0.2) is 0 Å². The van der Waals surface area contributed by atoms with Crippen molar-refractivity contribution < 1.29 is 9.47 Å². The van der Waals surface area contributed by atoms with Gasteiger partial charge in [0.1, 0.15) is 0 Å². The van der Waals surface area contributed by atoms with Crippen molar-refractivity contribution in [3.8, 4) is 0 Å². The fourth-order valence-corrected chi connectivity index (χ4v) is 1.47. The Hall–Kier alpha value is -0.120. The van der Waals surface area contributed by atoms with Crippen LogP contribution >= 0.6 is 0 Å². The quantitative estimate of drug-likeness (QED) is 0.724. The molecule has 3 heteroatoms. The van der Waals surface area contributed by atoms with Gasteiger partial charge in [-0.1, -0.05) is 27.7 Å². The van der Waals surface area contributed by atoms with Crippen LogP contribution in [0.4, 0.5) is 0 Å². The average Bonchev–Trinajstić information content (AvgIpc) is 2.04. The van der Waals surface area contributed by atoms with Crippen LogP contribution in [-0.4, -0.2) is 31.6 Å². The molecule has 0 atom stereocenters. The van der Waals surface area contributed by atoms with Gasteiger partial charge in [0.2, 0.25) is 0 Å². The zero-order chi connectivity index (χ0) is 9.84. The van der Waals surface area contributed by atoms with Crippen molar-refractivity contribution in [1.29, 1.82) is 0 Å². The summed E-state index contributed by atoms with van der Waals surface area (Å²) in [5, 5.41) is 3.39. The molecule has 3 nitrogen and oxygen atoms in total. The molecule has 1 aliphatic heterocycles. The first kappa shape index (κ1) is 11.0. The van der Waals surface area contributed by atoms with Crippen molar-refractivity contribution in [2.24, 2.45) is 5.92 Å². The van der Waals surface area contributed by atoms with E-state index in [2.05, 4.69) is 33.0 Å². The Morgan fingerprint density at radius 1 is 1.08 bits per heavy atom. The first-order valence-electron chi connectivity index (χ1n) is 5.09. The van der Waals surface area contributed by atoms with Gasteiger partial charge in [-0.2, -0.15) is 0 Å². The molecule has 1 aliphatic rings. The largest absolute Gasteiger partial charge is 0.351 e. The lowest BCUT2D eigenvalue weighted by molar-refractivity contribution is -0.209. The third-order valence-corrected chi connectivity index (χ3v) is 2.04. The van der Waals surface area contributed by atoms with Gasteiger partial charge in [0.25, 0.3) is 0 Å². The standard InChI is InChI=1S/C10H21NO2/c1-7(2)10-12-5-9(6-13-10)11-8(3)4/h7-11H,5-6H2,1-4H3. The predicted molar refractivity (Wildman–Crippen MR) is 52.6 cm³/mol. The molecule has 0 aromatic rings. The Balaban J connectivity index is 2.22. The Bertz CT molecular complexity index is 140. The van der Waals surface area contributed by atoms with E-state index >= 15 is 0 Å².